The number of rotatable bonds is 3. The summed E-state index contributed by atoms with van der Waals surface area (Å²) < 4.78 is 41.9. The second-order valence-electron chi connectivity index (χ2n) is 4.75. The predicted octanol–water partition coefficient (Wildman–Crippen LogP) is 1.20. The molecule has 0 saturated heterocycles. The van der Waals surface area contributed by atoms with Gasteiger partial charge < -0.3 is 4.74 Å². The predicted molar refractivity (Wildman–Crippen MR) is 70.4 cm³/mol. The van der Waals surface area contributed by atoms with Crippen LogP contribution in [-0.4, -0.2) is 33.3 Å². The van der Waals surface area contributed by atoms with Gasteiger partial charge in [0.05, 0.1) is 17.8 Å². The van der Waals surface area contributed by atoms with Gasteiger partial charge in [0.15, 0.2) is 9.84 Å². The molecule has 1 unspecified atom stereocenters. The molecule has 0 bridgehead atoms. The van der Waals surface area contributed by atoms with E-state index >= 15 is 0 Å². The molecule has 0 fully saturated rings. The van der Waals surface area contributed by atoms with Crippen molar-refractivity contribution < 1.29 is 22.3 Å². The maximum absolute atomic E-state index is 13.4. The minimum absolute atomic E-state index is 0.0306. The van der Waals surface area contributed by atoms with Crippen molar-refractivity contribution in [2.75, 3.05) is 12.9 Å². The summed E-state index contributed by atoms with van der Waals surface area (Å²) in [6.07, 6.45) is 0.292. The van der Waals surface area contributed by atoms with E-state index in [2.05, 4.69) is 10.1 Å². The lowest BCUT2D eigenvalue weighted by atomic mass is 10.0. The molecule has 0 aromatic heterocycles. The van der Waals surface area contributed by atoms with E-state index in [1.807, 2.05) is 0 Å². The molecule has 2 atom stereocenters. The Bertz CT molecular complexity index is 629. The standard InChI is InChI=1S/C13H16FNO4S/c1-8(13(16)19-2)15-11-5-6-20(17,18)12-4-3-9(14)7-10(11)12/h3-4,7-8,11,15H,5-6H2,1-2H3/t8-,11?/m0/s1. The fraction of sp³-hybridized carbons (Fsp3) is 0.462. The number of nitrogens with one attached hydrogen (secondary N) is 1. The molecule has 2 rings (SSSR count). The number of esters is 1. The van der Waals surface area contributed by atoms with Crippen LogP contribution in [0.2, 0.25) is 0 Å². The summed E-state index contributed by atoms with van der Waals surface area (Å²) in [5.74, 6) is -0.980. The molecule has 110 valence electrons. The number of sulfone groups is 1. The molecule has 1 aliphatic rings. The lowest BCUT2D eigenvalue weighted by molar-refractivity contribution is -0.142. The second kappa shape index (κ2) is 5.49. The van der Waals surface area contributed by atoms with Crippen molar-refractivity contribution in [3.63, 3.8) is 0 Å². The molecular weight excluding hydrogens is 285 g/mol. The van der Waals surface area contributed by atoms with Crippen molar-refractivity contribution in [3.8, 4) is 0 Å². The molecule has 1 N–H and O–H groups in total. The fourth-order valence-electron chi connectivity index (χ4n) is 2.33. The van der Waals surface area contributed by atoms with E-state index < -0.39 is 33.7 Å². The third-order valence-electron chi connectivity index (χ3n) is 3.36. The number of halogens is 1. The van der Waals surface area contributed by atoms with E-state index in [1.54, 1.807) is 6.92 Å². The molecule has 5 nitrogen and oxygen atoms in total. The first kappa shape index (κ1) is 14.9. The third kappa shape index (κ3) is 2.83. The number of methoxy groups -OCH3 is 1. The maximum Gasteiger partial charge on any atom is 0.322 e. The minimum Gasteiger partial charge on any atom is -0.468 e. The Morgan fingerprint density at radius 2 is 2.20 bits per heavy atom. The summed E-state index contributed by atoms with van der Waals surface area (Å²) in [6, 6.07) is 2.62. The molecule has 0 saturated carbocycles. The SMILES string of the molecule is COC(=O)[C@H](C)NC1CCS(=O)(=O)c2ccc(F)cc21. The quantitative estimate of drug-likeness (QED) is 0.671. The zero-order valence-electron chi connectivity index (χ0n) is 11.2. The number of benzene rings is 1. The van der Waals surface area contributed by atoms with Crippen LogP contribution in [0.3, 0.4) is 0 Å². The second-order valence-corrected chi connectivity index (χ2v) is 6.83. The van der Waals surface area contributed by atoms with Crippen molar-refractivity contribution in [2.24, 2.45) is 0 Å². The van der Waals surface area contributed by atoms with Crippen molar-refractivity contribution >= 4 is 15.8 Å². The van der Waals surface area contributed by atoms with Crippen LogP contribution in [0.25, 0.3) is 0 Å². The Morgan fingerprint density at radius 3 is 2.85 bits per heavy atom. The molecule has 0 spiro atoms. The van der Waals surface area contributed by atoms with E-state index in [4.69, 9.17) is 0 Å². The number of hydrogen-bond donors (Lipinski definition) is 1. The summed E-state index contributed by atoms with van der Waals surface area (Å²) in [5.41, 5.74) is 0.368. The molecule has 1 aromatic carbocycles. The van der Waals surface area contributed by atoms with E-state index in [9.17, 15) is 17.6 Å². The van der Waals surface area contributed by atoms with Crippen LogP contribution in [0.4, 0.5) is 4.39 Å². The number of ether oxygens (including phenoxy) is 1. The van der Waals surface area contributed by atoms with E-state index in [0.717, 1.165) is 6.07 Å². The molecule has 0 aliphatic carbocycles. The average Bonchev–Trinajstić information content (AvgIpc) is 2.40. The van der Waals surface area contributed by atoms with Gasteiger partial charge in [-0.15, -0.1) is 0 Å². The van der Waals surface area contributed by atoms with Gasteiger partial charge in [0, 0.05) is 6.04 Å². The van der Waals surface area contributed by atoms with E-state index in [1.165, 1.54) is 19.2 Å². The van der Waals surface area contributed by atoms with Crippen molar-refractivity contribution in [1.82, 2.24) is 5.32 Å². The van der Waals surface area contributed by atoms with Crippen LogP contribution >= 0.6 is 0 Å². The van der Waals surface area contributed by atoms with Crippen molar-refractivity contribution in [1.29, 1.82) is 0 Å². The Morgan fingerprint density at radius 1 is 1.50 bits per heavy atom. The third-order valence-corrected chi connectivity index (χ3v) is 5.18. The van der Waals surface area contributed by atoms with Gasteiger partial charge in [0.2, 0.25) is 0 Å². The highest BCUT2D eigenvalue weighted by Crippen LogP contribution is 2.32. The van der Waals surface area contributed by atoms with Gasteiger partial charge in [-0.05, 0) is 37.1 Å². The zero-order valence-corrected chi connectivity index (χ0v) is 12.0. The van der Waals surface area contributed by atoms with E-state index in [-0.39, 0.29) is 10.6 Å². The molecule has 1 aliphatic heterocycles. The Hall–Kier alpha value is -1.47. The lowest BCUT2D eigenvalue weighted by Crippen LogP contribution is -2.40. The number of hydrogen-bond acceptors (Lipinski definition) is 5. The highest BCUT2D eigenvalue weighted by atomic mass is 32.2. The van der Waals surface area contributed by atoms with Crippen molar-refractivity contribution in [2.45, 2.75) is 30.3 Å². The average molecular weight is 301 g/mol. The highest BCUT2D eigenvalue weighted by Gasteiger charge is 2.32. The lowest BCUT2D eigenvalue weighted by Gasteiger charge is -2.28. The first-order valence-corrected chi connectivity index (χ1v) is 7.86. The monoisotopic (exact) mass is 301 g/mol. The zero-order chi connectivity index (χ0) is 14.9. The summed E-state index contributed by atoms with van der Waals surface area (Å²) in [6.45, 7) is 1.62. The van der Waals surface area contributed by atoms with Crippen LogP contribution < -0.4 is 5.32 Å². The van der Waals surface area contributed by atoms with Gasteiger partial charge in [-0.3, -0.25) is 10.1 Å². The molecule has 20 heavy (non-hydrogen) atoms. The van der Waals surface area contributed by atoms with Crippen LogP contribution in [0.1, 0.15) is 24.9 Å². The van der Waals surface area contributed by atoms with Gasteiger partial charge in [-0.2, -0.15) is 0 Å². The molecule has 1 heterocycles. The smallest absolute Gasteiger partial charge is 0.322 e. The molecular formula is C13H16FNO4S. The normalized spacial score (nSPS) is 21.9. The minimum atomic E-state index is -3.38. The largest absolute Gasteiger partial charge is 0.468 e. The van der Waals surface area contributed by atoms with E-state index in [0.29, 0.717) is 12.0 Å². The van der Waals surface area contributed by atoms with Gasteiger partial charge in [-0.25, -0.2) is 12.8 Å². The molecule has 0 radical (unpaired) electrons. The Kier molecular flexibility index (Phi) is 4.10. The number of fused-ring (bicyclic) bond motifs is 1. The molecule has 0 amide bonds. The maximum atomic E-state index is 13.4. The van der Waals surface area contributed by atoms with Gasteiger partial charge in [-0.1, -0.05) is 0 Å². The van der Waals surface area contributed by atoms with Crippen LogP contribution in [-0.2, 0) is 19.4 Å². The summed E-state index contributed by atoms with van der Waals surface area (Å²) in [4.78, 5) is 11.5. The number of carbonyl (C=O) groups excluding carboxylic acids is 1. The van der Waals surface area contributed by atoms with Gasteiger partial charge in [0.1, 0.15) is 11.9 Å². The molecule has 7 heteroatoms. The van der Waals surface area contributed by atoms with Crippen LogP contribution in [0.5, 0.6) is 0 Å². The Balaban J connectivity index is 2.35. The summed E-state index contributed by atoms with van der Waals surface area (Å²) >= 11 is 0. The molecule has 1 aromatic rings. The first-order chi connectivity index (χ1) is 9.35. The highest BCUT2D eigenvalue weighted by molar-refractivity contribution is 7.91. The number of carbonyl (C=O) groups is 1. The van der Waals surface area contributed by atoms with Crippen LogP contribution in [0.15, 0.2) is 23.1 Å². The fourth-order valence-corrected chi connectivity index (χ4v) is 3.93. The first-order valence-electron chi connectivity index (χ1n) is 6.21. The summed E-state index contributed by atoms with van der Waals surface area (Å²) in [7, 11) is -2.10. The van der Waals surface area contributed by atoms with Gasteiger partial charge in [0.25, 0.3) is 0 Å². The Labute approximate surface area is 117 Å². The van der Waals surface area contributed by atoms with Crippen LogP contribution in [0, 0.1) is 5.82 Å². The van der Waals surface area contributed by atoms with Gasteiger partial charge >= 0.3 is 5.97 Å². The topological polar surface area (TPSA) is 72.5 Å². The summed E-state index contributed by atoms with van der Waals surface area (Å²) in [5, 5.41) is 2.99. The van der Waals surface area contributed by atoms with Crippen molar-refractivity contribution in [3.05, 3.63) is 29.6 Å².